The van der Waals surface area contributed by atoms with Crippen LogP contribution in [-0.4, -0.2) is 48.1 Å². The molecule has 3 rings (SSSR count). The molecule has 3 heterocycles. The molecule has 7 heteroatoms. The highest BCUT2D eigenvalue weighted by atomic mass is 32.1. The number of guanidine groups is 1. The average Bonchev–Trinajstić information content (AvgIpc) is 3.34. The van der Waals surface area contributed by atoms with E-state index in [4.69, 9.17) is 4.99 Å². The number of thiazole rings is 1. The van der Waals surface area contributed by atoms with Crippen LogP contribution in [0, 0.1) is 0 Å². The Morgan fingerprint density at radius 2 is 2.26 bits per heavy atom. The van der Waals surface area contributed by atoms with E-state index in [0.29, 0.717) is 6.04 Å². The summed E-state index contributed by atoms with van der Waals surface area (Å²) in [5.41, 5.74) is 1.50. The SMILES string of the molecule is CCNC(=NCC(C)N1CCc2sccc2C1)NCCc1ncc(CC)s1. The van der Waals surface area contributed by atoms with Crippen LogP contribution >= 0.6 is 22.7 Å². The summed E-state index contributed by atoms with van der Waals surface area (Å²) in [5, 5.41) is 10.2. The summed E-state index contributed by atoms with van der Waals surface area (Å²) in [6, 6.07) is 2.72. The van der Waals surface area contributed by atoms with Crippen LogP contribution in [0.5, 0.6) is 0 Å². The number of aromatic nitrogens is 1. The van der Waals surface area contributed by atoms with Crippen LogP contribution in [0.3, 0.4) is 0 Å². The van der Waals surface area contributed by atoms with Gasteiger partial charge in [-0.2, -0.15) is 0 Å². The summed E-state index contributed by atoms with van der Waals surface area (Å²) in [6.45, 7) is 11.3. The zero-order valence-electron chi connectivity index (χ0n) is 16.6. The first-order valence-corrected chi connectivity index (χ1v) is 11.6. The minimum absolute atomic E-state index is 0.444. The Morgan fingerprint density at radius 1 is 1.37 bits per heavy atom. The second-order valence-corrected chi connectivity index (χ2v) is 9.11. The zero-order chi connectivity index (χ0) is 19.1. The maximum Gasteiger partial charge on any atom is 0.191 e. The van der Waals surface area contributed by atoms with E-state index in [0.717, 1.165) is 51.5 Å². The molecular weight excluding hydrogens is 374 g/mol. The molecule has 5 nitrogen and oxygen atoms in total. The van der Waals surface area contributed by atoms with Crippen LogP contribution in [0.25, 0.3) is 0 Å². The Bertz CT molecular complexity index is 736. The number of thiophene rings is 1. The highest BCUT2D eigenvalue weighted by Gasteiger charge is 2.21. The minimum atomic E-state index is 0.444. The van der Waals surface area contributed by atoms with Crippen molar-refractivity contribution < 1.29 is 0 Å². The minimum Gasteiger partial charge on any atom is -0.357 e. The molecule has 1 aliphatic heterocycles. The maximum absolute atomic E-state index is 4.82. The van der Waals surface area contributed by atoms with Gasteiger partial charge in [-0.05, 0) is 43.7 Å². The molecule has 1 aliphatic rings. The van der Waals surface area contributed by atoms with Crippen LogP contribution in [0.2, 0.25) is 0 Å². The fourth-order valence-corrected chi connectivity index (χ4v) is 4.99. The number of fused-ring (bicyclic) bond motifs is 1. The molecule has 0 amide bonds. The third-order valence-electron chi connectivity index (χ3n) is 4.90. The number of nitrogens with one attached hydrogen (secondary N) is 2. The number of aliphatic imine (C=N–C) groups is 1. The van der Waals surface area contributed by atoms with Crippen molar-refractivity contribution in [2.24, 2.45) is 4.99 Å². The number of aryl methyl sites for hydroxylation is 1. The summed E-state index contributed by atoms with van der Waals surface area (Å²) in [5.74, 6) is 0.907. The first-order chi connectivity index (χ1) is 13.2. The van der Waals surface area contributed by atoms with Crippen molar-refractivity contribution in [3.8, 4) is 0 Å². The lowest BCUT2D eigenvalue weighted by atomic mass is 10.1. The molecule has 0 radical (unpaired) electrons. The third kappa shape index (κ3) is 5.77. The van der Waals surface area contributed by atoms with Gasteiger partial charge in [0.1, 0.15) is 0 Å². The summed E-state index contributed by atoms with van der Waals surface area (Å²) < 4.78 is 0. The van der Waals surface area contributed by atoms with Crippen LogP contribution in [0.4, 0.5) is 0 Å². The molecule has 1 unspecified atom stereocenters. The van der Waals surface area contributed by atoms with E-state index in [9.17, 15) is 0 Å². The first kappa shape index (κ1) is 20.3. The van der Waals surface area contributed by atoms with E-state index < -0.39 is 0 Å². The lowest BCUT2D eigenvalue weighted by Crippen LogP contribution is -2.41. The second kappa shape index (κ2) is 10.2. The second-order valence-electron chi connectivity index (χ2n) is 6.91. The quantitative estimate of drug-likeness (QED) is 0.523. The van der Waals surface area contributed by atoms with Crippen LogP contribution in [0.1, 0.15) is 41.1 Å². The molecule has 148 valence electrons. The van der Waals surface area contributed by atoms with Crippen molar-refractivity contribution in [3.63, 3.8) is 0 Å². The third-order valence-corrected chi connectivity index (χ3v) is 7.12. The summed E-state index contributed by atoms with van der Waals surface area (Å²) in [7, 11) is 0. The first-order valence-electron chi connectivity index (χ1n) is 9.94. The average molecular weight is 406 g/mol. The Labute approximate surface area is 170 Å². The molecule has 0 saturated heterocycles. The van der Waals surface area contributed by atoms with Gasteiger partial charge < -0.3 is 10.6 Å². The van der Waals surface area contributed by atoms with Crippen molar-refractivity contribution >= 4 is 28.6 Å². The maximum atomic E-state index is 4.82. The van der Waals surface area contributed by atoms with Gasteiger partial charge in [0.05, 0.1) is 11.6 Å². The molecule has 2 aromatic rings. The van der Waals surface area contributed by atoms with Gasteiger partial charge in [-0.1, -0.05) is 6.92 Å². The van der Waals surface area contributed by atoms with Gasteiger partial charge in [0.2, 0.25) is 0 Å². The van der Waals surface area contributed by atoms with Gasteiger partial charge in [-0.3, -0.25) is 9.89 Å². The van der Waals surface area contributed by atoms with E-state index in [-0.39, 0.29) is 0 Å². The topological polar surface area (TPSA) is 52.6 Å². The van der Waals surface area contributed by atoms with E-state index >= 15 is 0 Å². The molecule has 0 saturated carbocycles. The smallest absolute Gasteiger partial charge is 0.191 e. The lowest BCUT2D eigenvalue weighted by molar-refractivity contribution is 0.197. The molecular formula is C20H31N5S2. The predicted molar refractivity (Wildman–Crippen MR) is 117 cm³/mol. The largest absolute Gasteiger partial charge is 0.357 e. The van der Waals surface area contributed by atoms with Gasteiger partial charge in [0.25, 0.3) is 0 Å². The summed E-state index contributed by atoms with van der Waals surface area (Å²) >= 11 is 3.71. The van der Waals surface area contributed by atoms with Crippen LogP contribution in [0.15, 0.2) is 22.6 Å². The summed E-state index contributed by atoms with van der Waals surface area (Å²) in [4.78, 5) is 14.8. The highest BCUT2D eigenvalue weighted by molar-refractivity contribution is 7.11. The van der Waals surface area contributed by atoms with Gasteiger partial charge >= 0.3 is 0 Å². The van der Waals surface area contributed by atoms with Crippen molar-refractivity contribution in [1.29, 1.82) is 0 Å². The monoisotopic (exact) mass is 405 g/mol. The van der Waals surface area contributed by atoms with Crippen LogP contribution in [-0.2, 0) is 25.8 Å². The van der Waals surface area contributed by atoms with Gasteiger partial charge in [-0.25, -0.2) is 4.98 Å². The Kier molecular flexibility index (Phi) is 7.67. The van der Waals surface area contributed by atoms with E-state index in [1.54, 1.807) is 4.88 Å². The lowest BCUT2D eigenvalue weighted by Gasteiger charge is -2.31. The zero-order valence-corrected chi connectivity index (χ0v) is 18.3. The molecule has 2 N–H and O–H groups in total. The Balaban J connectivity index is 1.47. The highest BCUT2D eigenvalue weighted by Crippen LogP contribution is 2.25. The molecule has 0 bridgehead atoms. The van der Waals surface area contributed by atoms with Crippen molar-refractivity contribution in [2.75, 3.05) is 26.2 Å². The van der Waals surface area contributed by atoms with Gasteiger partial charge in [-0.15, -0.1) is 22.7 Å². The Hall–Kier alpha value is -1.44. The normalized spacial score (nSPS) is 16.2. The molecule has 27 heavy (non-hydrogen) atoms. The molecule has 0 spiro atoms. The standard InChI is InChI=1S/C20H31N5S2/c1-4-17-13-23-19(27-17)6-9-22-20(21-5-2)24-12-15(3)25-10-7-18-16(14-25)8-11-26-18/h8,11,13,15H,4-7,9-10,12,14H2,1-3H3,(H2,21,22,24). The number of hydrogen-bond acceptors (Lipinski definition) is 5. The number of nitrogens with zero attached hydrogens (tertiary/aromatic N) is 3. The predicted octanol–water partition coefficient (Wildman–Crippen LogP) is 3.31. The molecule has 0 aromatic carbocycles. The molecule has 0 aliphatic carbocycles. The summed E-state index contributed by atoms with van der Waals surface area (Å²) in [6.07, 6.45) is 5.18. The molecule has 0 fully saturated rings. The van der Waals surface area contributed by atoms with Gasteiger partial charge in [0, 0.05) is 54.6 Å². The fourth-order valence-electron chi connectivity index (χ4n) is 3.24. The van der Waals surface area contributed by atoms with Crippen LogP contribution < -0.4 is 10.6 Å². The Morgan fingerprint density at radius 3 is 3.04 bits per heavy atom. The fraction of sp³-hybridized carbons (Fsp3) is 0.600. The number of rotatable bonds is 8. The number of hydrogen-bond donors (Lipinski definition) is 2. The van der Waals surface area contributed by atoms with Crippen molar-refractivity contribution in [3.05, 3.63) is 38.0 Å². The molecule has 1 atom stereocenters. The van der Waals surface area contributed by atoms with E-state index in [1.165, 1.54) is 21.9 Å². The van der Waals surface area contributed by atoms with Crippen molar-refractivity contribution in [2.45, 2.75) is 52.6 Å². The van der Waals surface area contributed by atoms with Crippen molar-refractivity contribution in [1.82, 2.24) is 20.5 Å². The van der Waals surface area contributed by atoms with E-state index in [2.05, 4.69) is 52.7 Å². The molecule has 2 aromatic heterocycles. The van der Waals surface area contributed by atoms with Gasteiger partial charge in [0.15, 0.2) is 5.96 Å². The van der Waals surface area contributed by atoms with E-state index in [1.807, 2.05) is 28.9 Å².